The molecular weight excluding hydrogens is 272 g/mol. The lowest BCUT2D eigenvalue weighted by Gasteiger charge is -2.26. The first-order valence-electron chi connectivity index (χ1n) is 7.07. The van der Waals surface area contributed by atoms with E-state index >= 15 is 0 Å². The summed E-state index contributed by atoms with van der Waals surface area (Å²) < 4.78 is 10.7. The molecule has 6 heteroatoms. The van der Waals surface area contributed by atoms with Crippen molar-refractivity contribution in [3.05, 3.63) is 29.3 Å². The third-order valence-corrected chi connectivity index (χ3v) is 3.45. The maximum absolute atomic E-state index is 10.5. The Bertz CT molecular complexity index is 473. The predicted molar refractivity (Wildman–Crippen MR) is 78.4 cm³/mol. The minimum atomic E-state index is -0.863. The zero-order valence-electron chi connectivity index (χ0n) is 12.3. The van der Waals surface area contributed by atoms with Gasteiger partial charge >= 0.3 is 5.97 Å². The van der Waals surface area contributed by atoms with Gasteiger partial charge < -0.3 is 19.9 Å². The molecule has 0 atom stereocenters. The molecule has 1 fully saturated rings. The fourth-order valence-corrected chi connectivity index (χ4v) is 2.35. The number of carboxylic acids is 1. The molecule has 21 heavy (non-hydrogen) atoms. The van der Waals surface area contributed by atoms with E-state index in [9.17, 15) is 4.79 Å². The number of carbonyl (C=O) groups is 1. The van der Waals surface area contributed by atoms with Gasteiger partial charge in [-0.05, 0) is 11.6 Å². The zero-order valence-corrected chi connectivity index (χ0v) is 12.3. The van der Waals surface area contributed by atoms with Crippen molar-refractivity contribution >= 4 is 5.97 Å². The Morgan fingerprint density at radius 3 is 2.86 bits per heavy atom. The average Bonchev–Trinajstić information content (AvgIpc) is 2.49. The summed E-state index contributed by atoms with van der Waals surface area (Å²) in [6.45, 7) is 4.77. The topological polar surface area (TPSA) is 71.0 Å². The first-order valence-corrected chi connectivity index (χ1v) is 7.07. The van der Waals surface area contributed by atoms with E-state index in [2.05, 4.69) is 16.3 Å². The highest BCUT2D eigenvalue weighted by Crippen LogP contribution is 2.21. The molecule has 0 spiro atoms. The van der Waals surface area contributed by atoms with Crippen LogP contribution in [0.5, 0.6) is 5.75 Å². The second-order valence-corrected chi connectivity index (χ2v) is 5.03. The Morgan fingerprint density at radius 2 is 2.19 bits per heavy atom. The number of aliphatic carboxylic acids is 1. The molecule has 6 nitrogen and oxygen atoms in total. The summed E-state index contributed by atoms with van der Waals surface area (Å²) in [7, 11) is 1.63. The number of nitrogens with one attached hydrogen (secondary N) is 1. The van der Waals surface area contributed by atoms with E-state index in [0.717, 1.165) is 44.2 Å². The number of hydrogen-bond donors (Lipinski definition) is 2. The Kier molecular flexibility index (Phi) is 5.98. The van der Waals surface area contributed by atoms with Crippen molar-refractivity contribution in [3.8, 4) is 5.75 Å². The van der Waals surface area contributed by atoms with Crippen molar-refractivity contribution in [2.75, 3.05) is 40.0 Å². The summed E-state index contributed by atoms with van der Waals surface area (Å²) in [5.41, 5.74) is 2.15. The van der Waals surface area contributed by atoms with Gasteiger partial charge in [-0.25, -0.2) is 0 Å². The van der Waals surface area contributed by atoms with Crippen LogP contribution in [0.3, 0.4) is 0 Å². The molecule has 1 heterocycles. The number of ether oxygens (including phenoxy) is 2. The first kappa shape index (κ1) is 15.8. The van der Waals surface area contributed by atoms with Crippen molar-refractivity contribution in [1.29, 1.82) is 0 Å². The Labute approximate surface area is 124 Å². The van der Waals surface area contributed by atoms with Gasteiger partial charge in [-0.3, -0.25) is 9.69 Å². The number of rotatable bonds is 7. The molecular formula is C15H22N2O4. The second-order valence-electron chi connectivity index (χ2n) is 5.03. The van der Waals surface area contributed by atoms with E-state index in [4.69, 9.17) is 14.6 Å². The van der Waals surface area contributed by atoms with Crippen LogP contribution in [0.1, 0.15) is 11.1 Å². The minimum absolute atomic E-state index is 0.0569. The van der Waals surface area contributed by atoms with Gasteiger partial charge in [-0.1, -0.05) is 12.1 Å². The van der Waals surface area contributed by atoms with Crippen molar-refractivity contribution in [1.82, 2.24) is 10.2 Å². The lowest BCUT2D eigenvalue weighted by atomic mass is 10.1. The van der Waals surface area contributed by atoms with Crippen molar-refractivity contribution in [2.24, 2.45) is 0 Å². The molecule has 0 bridgehead atoms. The quantitative estimate of drug-likeness (QED) is 0.771. The normalized spacial score (nSPS) is 15.9. The molecule has 0 saturated carbocycles. The Hall–Kier alpha value is -1.63. The maximum Gasteiger partial charge on any atom is 0.317 e. The summed E-state index contributed by atoms with van der Waals surface area (Å²) >= 11 is 0. The second kappa shape index (κ2) is 7.97. The maximum atomic E-state index is 10.5. The molecule has 0 aliphatic carbocycles. The van der Waals surface area contributed by atoms with E-state index in [1.807, 2.05) is 12.1 Å². The van der Waals surface area contributed by atoms with E-state index < -0.39 is 5.97 Å². The molecule has 116 valence electrons. The number of carboxylic acid groups (broad SMARTS) is 1. The Morgan fingerprint density at radius 1 is 1.43 bits per heavy atom. The molecule has 1 aliphatic rings. The number of methoxy groups -OCH3 is 1. The summed E-state index contributed by atoms with van der Waals surface area (Å²) in [6.07, 6.45) is 0. The van der Waals surface area contributed by atoms with Crippen LogP contribution in [0, 0.1) is 0 Å². The first-order chi connectivity index (χ1) is 10.2. The van der Waals surface area contributed by atoms with Gasteiger partial charge in [0.2, 0.25) is 0 Å². The minimum Gasteiger partial charge on any atom is -0.496 e. The monoisotopic (exact) mass is 294 g/mol. The zero-order chi connectivity index (χ0) is 15.1. The van der Waals surface area contributed by atoms with Crippen molar-refractivity contribution in [2.45, 2.75) is 13.1 Å². The fourth-order valence-electron chi connectivity index (χ4n) is 2.35. The van der Waals surface area contributed by atoms with Crippen LogP contribution in [0.15, 0.2) is 18.2 Å². The molecule has 1 aromatic rings. The average molecular weight is 294 g/mol. The van der Waals surface area contributed by atoms with Gasteiger partial charge in [0.15, 0.2) is 0 Å². The third-order valence-electron chi connectivity index (χ3n) is 3.45. The molecule has 2 rings (SSSR count). The van der Waals surface area contributed by atoms with E-state index in [1.165, 1.54) is 5.56 Å². The van der Waals surface area contributed by atoms with E-state index in [-0.39, 0.29) is 6.54 Å². The molecule has 1 aliphatic heterocycles. The highest BCUT2D eigenvalue weighted by molar-refractivity contribution is 5.69. The number of benzene rings is 1. The predicted octanol–water partition coefficient (Wildman–Crippen LogP) is 0.702. The molecule has 2 N–H and O–H groups in total. The number of morpholine rings is 1. The lowest BCUT2D eigenvalue weighted by Crippen LogP contribution is -2.35. The van der Waals surface area contributed by atoms with E-state index in [0.29, 0.717) is 6.54 Å². The van der Waals surface area contributed by atoms with Crippen LogP contribution < -0.4 is 10.1 Å². The smallest absolute Gasteiger partial charge is 0.317 e. The third kappa shape index (κ3) is 5.00. The van der Waals surface area contributed by atoms with Crippen LogP contribution in [-0.4, -0.2) is 55.9 Å². The van der Waals surface area contributed by atoms with Gasteiger partial charge in [0, 0.05) is 31.7 Å². The van der Waals surface area contributed by atoms with Gasteiger partial charge in [0.05, 0.1) is 26.9 Å². The Balaban J connectivity index is 1.96. The fraction of sp³-hybridized carbons (Fsp3) is 0.533. The summed E-state index contributed by atoms with van der Waals surface area (Å²) in [4.78, 5) is 12.9. The molecule has 0 unspecified atom stereocenters. The van der Waals surface area contributed by atoms with Crippen LogP contribution in [0.4, 0.5) is 0 Å². The van der Waals surface area contributed by atoms with Gasteiger partial charge in [-0.15, -0.1) is 0 Å². The number of hydrogen-bond acceptors (Lipinski definition) is 5. The summed E-state index contributed by atoms with van der Waals surface area (Å²) in [5.74, 6) is -0.0726. The molecule has 1 aromatic carbocycles. The van der Waals surface area contributed by atoms with Crippen molar-refractivity contribution < 1.29 is 19.4 Å². The van der Waals surface area contributed by atoms with Gasteiger partial charge in [0.25, 0.3) is 0 Å². The molecule has 0 amide bonds. The molecule has 0 aromatic heterocycles. The van der Waals surface area contributed by atoms with Gasteiger partial charge in [0.1, 0.15) is 5.75 Å². The van der Waals surface area contributed by atoms with Crippen molar-refractivity contribution in [3.63, 3.8) is 0 Å². The summed E-state index contributed by atoms with van der Waals surface area (Å²) in [6, 6.07) is 6.08. The van der Waals surface area contributed by atoms with Gasteiger partial charge in [-0.2, -0.15) is 0 Å². The lowest BCUT2D eigenvalue weighted by molar-refractivity contribution is -0.136. The highest BCUT2D eigenvalue weighted by Gasteiger charge is 2.12. The van der Waals surface area contributed by atoms with Crippen LogP contribution in [0.2, 0.25) is 0 Å². The SMILES string of the molecule is COc1cc(CN2CCOCC2)ccc1CNCC(=O)O. The van der Waals surface area contributed by atoms with E-state index in [1.54, 1.807) is 7.11 Å². The highest BCUT2D eigenvalue weighted by atomic mass is 16.5. The number of nitrogens with zero attached hydrogens (tertiary/aromatic N) is 1. The molecule has 0 radical (unpaired) electrons. The van der Waals surface area contributed by atoms with Crippen LogP contribution in [-0.2, 0) is 22.6 Å². The van der Waals surface area contributed by atoms with Crippen LogP contribution >= 0.6 is 0 Å². The summed E-state index contributed by atoms with van der Waals surface area (Å²) in [5, 5.41) is 11.5. The standard InChI is InChI=1S/C15H22N2O4/c1-20-14-8-12(11-17-4-6-21-7-5-17)2-3-13(14)9-16-10-15(18)19/h2-3,8,16H,4-7,9-11H2,1H3,(H,18,19). The molecule has 1 saturated heterocycles. The van der Waals surface area contributed by atoms with Crippen LogP contribution in [0.25, 0.3) is 0 Å². The largest absolute Gasteiger partial charge is 0.496 e.